The Morgan fingerprint density at radius 2 is 1.92 bits per heavy atom. The van der Waals surface area contributed by atoms with Gasteiger partial charge in [0.15, 0.2) is 5.65 Å². The average molecular weight is 322 g/mol. The number of piperidine rings is 1. The van der Waals surface area contributed by atoms with Crippen LogP contribution in [0.1, 0.15) is 24.1 Å². The van der Waals surface area contributed by atoms with E-state index in [9.17, 15) is 5.11 Å². The molecule has 1 saturated heterocycles. The van der Waals surface area contributed by atoms with Crippen molar-refractivity contribution in [1.29, 1.82) is 0 Å². The summed E-state index contributed by atoms with van der Waals surface area (Å²) in [5.41, 5.74) is 0.238. The summed E-state index contributed by atoms with van der Waals surface area (Å²) >= 11 is 0. The first-order chi connectivity index (χ1) is 11.3. The summed E-state index contributed by atoms with van der Waals surface area (Å²) < 4.78 is 0. The zero-order chi connectivity index (χ0) is 17.3. The molecular weight excluding hydrogens is 302 g/mol. The van der Waals surface area contributed by atoms with Crippen molar-refractivity contribution in [3.05, 3.63) is 17.3 Å². The normalized spacial score (nSPS) is 16.3. The molecule has 9 heteroatoms. The van der Waals surface area contributed by atoms with Gasteiger partial charge in [-0.15, -0.1) is 0 Å². The third-order valence-corrected chi connectivity index (χ3v) is 3.98. The smallest absolute Gasteiger partial charge is 0.226 e. The molecule has 0 unspecified atom stereocenters. The molecule has 24 heavy (non-hydrogen) atoms. The van der Waals surface area contributed by atoms with E-state index in [2.05, 4.69) is 30.9 Å². The summed E-state index contributed by atoms with van der Waals surface area (Å²) in [5.74, 6) is 0.799. The molecular formula is C15H20B2N6O. The number of nitrogens with zero attached hydrogens (tertiary/aromatic N) is 3. The van der Waals surface area contributed by atoms with E-state index in [1.807, 2.05) is 19.9 Å². The molecule has 122 valence electrons. The Bertz CT molecular complexity index is 743. The van der Waals surface area contributed by atoms with E-state index in [0.29, 0.717) is 22.8 Å². The number of fused-ring (bicyclic) bond motifs is 1. The predicted octanol–water partition coefficient (Wildman–Crippen LogP) is 0.158. The van der Waals surface area contributed by atoms with Crippen LogP contribution >= 0.6 is 0 Å². The summed E-state index contributed by atoms with van der Waals surface area (Å²) in [7, 11) is 11.0. The summed E-state index contributed by atoms with van der Waals surface area (Å²) in [4.78, 5) is 13.5. The second-order valence-electron chi connectivity index (χ2n) is 6.29. The van der Waals surface area contributed by atoms with E-state index in [1.165, 1.54) is 0 Å². The van der Waals surface area contributed by atoms with Crippen molar-refractivity contribution in [3.63, 3.8) is 0 Å². The second-order valence-corrected chi connectivity index (χ2v) is 6.29. The third-order valence-electron chi connectivity index (χ3n) is 3.98. The molecule has 1 fully saturated rings. The molecule has 7 nitrogen and oxygen atoms in total. The Morgan fingerprint density at radius 3 is 2.58 bits per heavy atom. The molecule has 1 aliphatic heterocycles. The number of rotatable bonds is 4. The molecule has 2 aromatic rings. The van der Waals surface area contributed by atoms with Crippen LogP contribution in [0.3, 0.4) is 0 Å². The molecule has 0 spiro atoms. The summed E-state index contributed by atoms with van der Waals surface area (Å²) in [6.07, 6.45) is 1.98. The lowest BCUT2D eigenvalue weighted by molar-refractivity contribution is 0.243. The quantitative estimate of drug-likeness (QED) is 0.470. The second kappa shape index (κ2) is 6.57. The van der Waals surface area contributed by atoms with Gasteiger partial charge in [0.1, 0.15) is 21.5 Å². The Morgan fingerprint density at radius 1 is 1.21 bits per heavy atom. The molecule has 3 rings (SSSR count). The zero-order valence-electron chi connectivity index (χ0n) is 13.9. The van der Waals surface area contributed by atoms with Gasteiger partial charge in [-0.05, 0) is 51.4 Å². The van der Waals surface area contributed by atoms with Crippen molar-refractivity contribution in [2.75, 3.05) is 23.7 Å². The third kappa shape index (κ3) is 3.96. The van der Waals surface area contributed by atoms with Gasteiger partial charge in [0, 0.05) is 17.3 Å². The molecule has 0 bridgehead atoms. The number of aryl methyl sites for hydroxylation is 2. The number of aromatic nitrogens is 3. The van der Waals surface area contributed by atoms with Crippen molar-refractivity contribution < 1.29 is 5.11 Å². The van der Waals surface area contributed by atoms with Gasteiger partial charge < -0.3 is 21.1 Å². The first kappa shape index (κ1) is 17.0. The molecule has 0 aliphatic carbocycles. The number of hydrogen-bond donors (Lipinski definition) is 4. The molecule has 0 saturated carbocycles. The van der Waals surface area contributed by atoms with Crippen LogP contribution in [0, 0.1) is 13.8 Å². The topological polar surface area (TPSA) is 95.0 Å². The highest BCUT2D eigenvalue weighted by atomic mass is 16.3. The lowest BCUT2D eigenvalue weighted by atomic mass is 9.73. The Labute approximate surface area is 143 Å². The van der Waals surface area contributed by atoms with Crippen molar-refractivity contribution >= 4 is 38.5 Å². The van der Waals surface area contributed by atoms with Crippen LogP contribution in [0.4, 0.5) is 11.8 Å². The fourth-order valence-electron chi connectivity index (χ4n) is 2.97. The lowest BCUT2D eigenvalue weighted by Gasteiger charge is -2.26. The largest absolute Gasteiger partial charge is 0.390 e. The highest BCUT2D eigenvalue weighted by Gasteiger charge is 2.20. The Balaban J connectivity index is 2.03. The Kier molecular flexibility index (Phi) is 4.64. The number of hydrogen-bond acceptors (Lipinski definition) is 7. The first-order valence-electron chi connectivity index (χ1n) is 8.03. The van der Waals surface area contributed by atoms with E-state index >= 15 is 0 Å². The highest BCUT2D eigenvalue weighted by Crippen LogP contribution is 2.26. The van der Waals surface area contributed by atoms with Crippen LogP contribution in [0.15, 0.2) is 6.07 Å². The van der Waals surface area contributed by atoms with Gasteiger partial charge in [-0.1, -0.05) is 0 Å². The van der Waals surface area contributed by atoms with Crippen molar-refractivity contribution in [2.45, 2.75) is 38.3 Å². The standard InChI is InChI=1S/C15H20B2N6O/c1-8-7-9(2)19-12-11(8)13(23-15(16,17)24)22-14(21-12)20-10-3-5-18-6-4-10/h7,10,18,24H,3-6H2,1-2H3,(H2,19,20,21,22,23). The minimum atomic E-state index is -2.08. The van der Waals surface area contributed by atoms with E-state index in [1.54, 1.807) is 0 Å². The van der Waals surface area contributed by atoms with E-state index in [-0.39, 0.29) is 6.04 Å². The maximum absolute atomic E-state index is 9.72. The van der Waals surface area contributed by atoms with Gasteiger partial charge in [-0.2, -0.15) is 9.97 Å². The summed E-state index contributed by atoms with van der Waals surface area (Å²) in [6.45, 7) is 5.75. The molecule has 4 N–H and O–H groups in total. The van der Waals surface area contributed by atoms with Gasteiger partial charge in [-0.3, -0.25) is 0 Å². The van der Waals surface area contributed by atoms with Gasteiger partial charge >= 0.3 is 0 Å². The number of pyridine rings is 1. The van der Waals surface area contributed by atoms with Crippen LogP contribution in [-0.4, -0.2) is 60.4 Å². The zero-order valence-corrected chi connectivity index (χ0v) is 13.9. The summed E-state index contributed by atoms with van der Waals surface area (Å²) in [5, 5.41) is 19.7. The van der Waals surface area contributed by atoms with Gasteiger partial charge in [0.05, 0.1) is 5.39 Å². The molecule has 4 radical (unpaired) electrons. The monoisotopic (exact) mass is 322 g/mol. The molecule has 2 aromatic heterocycles. The predicted molar refractivity (Wildman–Crippen MR) is 96.4 cm³/mol. The van der Waals surface area contributed by atoms with E-state index < -0.39 is 5.52 Å². The maximum atomic E-state index is 9.72. The molecule has 3 heterocycles. The Hall–Kier alpha value is -1.86. The minimum Gasteiger partial charge on any atom is -0.390 e. The number of nitrogens with one attached hydrogen (secondary N) is 3. The highest BCUT2D eigenvalue weighted by molar-refractivity contribution is 6.40. The maximum Gasteiger partial charge on any atom is 0.226 e. The van der Waals surface area contributed by atoms with Gasteiger partial charge in [-0.25, -0.2) is 4.98 Å². The van der Waals surface area contributed by atoms with Crippen LogP contribution < -0.4 is 16.0 Å². The fraction of sp³-hybridized carbons (Fsp3) is 0.533. The van der Waals surface area contributed by atoms with Crippen molar-refractivity contribution in [3.8, 4) is 0 Å². The van der Waals surface area contributed by atoms with Crippen molar-refractivity contribution in [2.24, 2.45) is 0 Å². The van der Waals surface area contributed by atoms with Crippen molar-refractivity contribution in [1.82, 2.24) is 20.3 Å². The molecule has 0 aromatic carbocycles. The first-order valence-corrected chi connectivity index (χ1v) is 8.03. The number of aliphatic hydroxyl groups is 1. The summed E-state index contributed by atoms with van der Waals surface area (Å²) in [6, 6.07) is 2.21. The molecule has 1 aliphatic rings. The SMILES string of the molecule is [B]C([B])(O)Nc1nc(NC2CCNCC2)nc2nc(C)cc(C)c12. The van der Waals surface area contributed by atoms with Crippen LogP contribution in [0.25, 0.3) is 11.0 Å². The lowest BCUT2D eigenvalue weighted by Crippen LogP contribution is -2.39. The van der Waals surface area contributed by atoms with Crippen LogP contribution in [0.5, 0.6) is 0 Å². The average Bonchev–Trinajstić information content (AvgIpc) is 2.45. The van der Waals surface area contributed by atoms with Crippen LogP contribution in [0.2, 0.25) is 0 Å². The van der Waals surface area contributed by atoms with Gasteiger partial charge in [0.25, 0.3) is 0 Å². The van der Waals surface area contributed by atoms with Crippen LogP contribution in [-0.2, 0) is 0 Å². The fourth-order valence-corrected chi connectivity index (χ4v) is 2.97. The molecule has 0 atom stereocenters. The molecule has 0 amide bonds. The minimum absolute atomic E-state index is 0.289. The number of anilines is 2. The van der Waals surface area contributed by atoms with Gasteiger partial charge in [0.2, 0.25) is 5.95 Å². The van der Waals surface area contributed by atoms with E-state index in [0.717, 1.165) is 37.2 Å². The van der Waals surface area contributed by atoms with E-state index in [4.69, 9.17) is 15.7 Å².